The third-order valence-corrected chi connectivity index (χ3v) is 3.60. The Bertz CT molecular complexity index is 574. The number of rotatable bonds is 3. The van der Waals surface area contributed by atoms with Crippen molar-refractivity contribution in [1.29, 1.82) is 0 Å². The van der Waals surface area contributed by atoms with Crippen molar-refractivity contribution in [2.45, 2.75) is 32.8 Å². The number of carbonyl (C=O) groups is 2. The van der Waals surface area contributed by atoms with Gasteiger partial charge in [0.25, 0.3) is 0 Å². The second-order valence-electron chi connectivity index (χ2n) is 5.27. The smallest absolute Gasteiger partial charge is 0.328 e. The van der Waals surface area contributed by atoms with Gasteiger partial charge in [0, 0.05) is 12.5 Å². The third kappa shape index (κ3) is 2.89. The summed E-state index contributed by atoms with van der Waals surface area (Å²) in [6.07, 6.45) is 10.9. The van der Waals surface area contributed by atoms with Crippen LogP contribution < -0.4 is 0 Å². The number of hydrogen-bond donors (Lipinski definition) is 2. The van der Waals surface area contributed by atoms with Crippen LogP contribution in [0.1, 0.15) is 27.2 Å². The zero-order valence-corrected chi connectivity index (χ0v) is 11.8. The van der Waals surface area contributed by atoms with Crippen molar-refractivity contribution >= 4 is 11.8 Å². The maximum Gasteiger partial charge on any atom is 0.328 e. The van der Waals surface area contributed by atoms with Crippen LogP contribution in [0, 0.1) is 17.8 Å². The van der Waals surface area contributed by atoms with E-state index in [2.05, 4.69) is 5.92 Å². The Kier molecular flexibility index (Phi) is 4.36. The lowest BCUT2D eigenvalue weighted by molar-refractivity contribution is -0.131. The Hall–Kier alpha value is -2.12. The van der Waals surface area contributed by atoms with E-state index in [0.29, 0.717) is 11.1 Å². The highest BCUT2D eigenvalue weighted by Crippen LogP contribution is 2.44. The summed E-state index contributed by atoms with van der Waals surface area (Å²) in [6, 6.07) is 0. The fourth-order valence-electron chi connectivity index (χ4n) is 2.29. The number of hydrogen-bond acceptors (Lipinski definition) is 3. The van der Waals surface area contributed by atoms with E-state index in [4.69, 9.17) is 11.5 Å². The monoisotopic (exact) mass is 274 g/mol. The Balaban J connectivity index is 3.27. The molecule has 0 unspecified atom stereocenters. The summed E-state index contributed by atoms with van der Waals surface area (Å²) < 4.78 is 0. The summed E-state index contributed by atoms with van der Waals surface area (Å²) in [7, 11) is 0. The van der Waals surface area contributed by atoms with E-state index in [-0.39, 0.29) is 12.2 Å². The number of carboxylic acid groups (broad SMARTS) is 1. The van der Waals surface area contributed by atoms with E-state index >= 15 is 0 Å². The maximum atomic E-state index is 11.6. The highest BCUT2D eigenvalue weighted by atomic mass is 16.4. The Morgan fingerprint density at radius 3 is 2.65 bits per heavy atom. The van der Waals surface area contributed by atoms with E-state index in [0.717, 1.165) is 6.08 Å². The van der Waals surface area contributed by atoms with E-state index in [1.807, 2.05) is 0 Å². The van der Waals surface area contributed by atoms with Crippen LogP contribution in [0.25, 0.3) is 0 Å². The summed E-state index contributed by atoms with van der Waals surface area (Å²) >= 11 is 0. The molecule has 1 rings (SSSR count). The van der Waals surface area contributed by atoms with Crippen molar-refractivity contribution in [3.05, 3.63) is 35.5 Å². The van der Waals surface area contributed by atoms with Gasteiger partial charge in [0.05, 0.1) is 5.41 Å². The zero-order chi connectivity index (χ0) is 15.6. The summed E-state index contributed by atoms with van der Waals surface area (Å²) in [5.41, 5.74) is -1.60. The molecule has 0 aromatic heterocycles. The fraction of sp³-hybridized carbons (Fsp3) is 0.375. The molecule has 0 aromatic rings. The molecule has 0 aliphatic heterocycles. The molecule has 0 bridgehead atoms. The Morgan fingerprint density at radius 1 is 1.55 bits per heavy atom. The minimum absolute atomic E-state index is 0.0450. The second-order valence-corrected chi connectivity index (χ2v) is 5.27. The topological polar surface area (TPSA) is 74.6 Å². The number of allylic oxidation sites excluding steroid dienone is 3. The van der Waals surface area contributed by atoms with E-state index < -0.39 is 17.0 Å². The van der Waals surface area contributed by atoms with Gasteiger partial charge in [-0.05, 0) is 44.1 Å². The molecule has 0 radical (unpaired) electrons. The number of aliphatic hydroxyl groups is 1. The van der Waals surface area contributed by atoms with Crippen LogP contribution in [-0.2, 0) is 9.59 Å². The first-order valence-electron chi connectivity index (χ1n) is 6.17. The largest absolute Gasteiger partial charge is 0.478 e. The van der Waals surface area contributed by atoms with E-state index in [1.165, 1.54) is 18.2 Å². The summed E-state index contributed by atoms with van der Waals surface area (Å²) in [5, 5.41) is 19.5. The molecule has 0 aromatic carbocycles. The standard InChI is InChI=1S/C16H18O4/c1-5-15(4)10-13(17)9-12(3)16(15,20)7-6-11(2)8-14(18)19/h1,6-9,20H,10H2,2-4H3,(H,18,19)/b7-6+,11-8-/t15-,16+/m0/s1. The lowest BCUT2D eigenvalue weighted by Crippen LogP contribution is -2.49. The lowest BCUT2D eigenvalue weighted by Gasteiger charge is -2.42. The second kappa shape index (κ2) is 5.48. The van der Waals surface area contributed by atoms with Gasteiger partial charge in [0.1, 0.15) is 5.60 Å². The summed E-state index contributed by atoms with van der Waals surface area (Å²) in [4.78, 5) is 22.2. The van der Waals surface area contributed by atoms with Gasteiger partial charge >= 0.3 is 5.97 Å². The van der Waals surface area contributed by atoms with Crippen LogP contribution in [0.15, 0.2) is 35.5 Å². The molecule has 0 fully saturated rings. The molecule has 106 valence electrons. The number of ketones is 1. The van der Waals surface area contributed by atoms with Gasteiger partial charge in [-0.1, -0.05) is 12.0 Å². The van der Waals surface area contributed by atoms with Gasteiger partial charge in [-0.2, -0.15) is 0 Å². The van der Waals surface area contributed by atoms with Crippen molar-refractivity contribution in [3.8, 4) is 12.3 Å². The minimum Gasteiger partial charge on any atom is -0.478 e. The average molecular weight is 274 g/mol. The lowest BCUT2D eigenvalue weighted by atomic mass is 9.64. The normalized spacial score (nSPS) is 31.1. The van der Waals surface area contributed by atoms with Crippen LogP contribution in [0.5, 0.6) is 0 Å². The molecule has 20 heavy (non-hydrogen) atoms. The first-order valence-corrected chi connectivity index (χ1v) is 6.17. The summed E-state index contributed by atoms with van der Waals surface area (Å²) in [6.45, 7) is 4.88. The highest BCUT2D eigenvalue weighted by Gasteiger charge is 2.49. The number of carboxylic acids is 1. The molecule has 0 heterocycles. The molecule has 1 aliphatic rings. The Morgan fingerprint density at radius 2 is 2.15 bits per heavy atom. The third-order valence-electron chi connectivity index (χ3n) is 3.60. The predicted octanol–water partition coefficient (Wildman–Crippen LogP) is 1.86. The van der Waals surface area contributed by atoms with Crippen molar-refractivity contribution < 1.29 is 19.8 Å². The number of aliphatic carboxylic acids is 1. The zero-order valence-electron chi connectivity index (χ0n) is 11.8. The van der Waals surface area contributed by atoms with Crippen LogP contribution in [0.4, 0.5) is 0 Å². The first-order chi connectivity index (χ1) is 9.14. The quantitative estimate of drug-likeness (QED) is 0.468. The minimum atomic E-state index is -1.47. The Labute approximate surface area is 118 Å². The van der Waals surface area contributed by atoms with Crippen LogP contribution in [0.3, 0.4) is 0 Å². The molecular weight excluding hydrogens is 256 g/mol. The van der Waals surface area contributed by atoms with Crippen molar-refractivity contribution in [2.24, 2.45) is 5.41 Å². The van der Waals surface area contributed by atoms with E-state index in [9.17, 15) is 14.7 Å². The SMILES string of the molecule is C#C[C@@]1(C)CC(=O)C=C(C)[C@]1(O)/C=C/C(C)=C\C(=O)O. The van der Waals surface area contributed by atoms with Gasteiger partial charge < -0.3 is 10.2 Å². The van der Waals surface area contributed by atoms with Crippen molar-refractivity contribution in [3.63, 3.8) is 0 Å². The molecule has 1 aliphatic carbocycles. The van der Waals surface area contributed by atoms with E-state index in [1.54, 1.807) is 20.8 Å². The molecule has 2 atom stereocenters. The maximum absolute atomic E-state index is 11.6. The summed E-state index contributed by atoms with van der Waals surface area (Å²) in [5.74, 6) is 1.31. The molecule has 0 spiro atoms. The molecule has 4 heteroatoms. The first kappa shape index (κ1) is 15.9. The number of carbonyl (C=O) groups excluding carboxylic acids is 1. The van der Waals surface area contributed by atoms with Gasteiger partial charge in [0.2, 0.25) is 0 Å². The van der Waals surface area contributed by atoms with Crippen molar-refractivity contribution in [2.75, 3.05) is 0 Å². The van der Waals surface area contributed by atoms with Crippen LogP contribution in [-0.4, -0.2) is 27.6 Å². The average Bonchev–Trinajstić information content (AvgIpc) is 2.33. The van der Waals surface area contributed by atoms with Crippen molar-refractivity contribution in [1.82, 2.24) is 0 Å². The van der Waals surface area contributed by atoms with Crippen LogP contribution >= 0.6 is 0 Å². The van der Waals surface area contributed by atoms with Crippen LogP contribution in [0.2, 0.25) is 0 Å². The highest BCUT2D eigenvalue weighted by molar-refractivity contribution is 5.93. The molecule has 4 nitrogen and oxygen atoms in total. The van der Waals surface area contributed by atoms with Gasteiger partial charge in [-0.3, -0.25) is 4.79 Å². The molecule has 0 saturated heterocycles. The molecule has 0 amide bonds. The fourth-order valence-corrected chi connectivity index (χ4v) is 2.29. The van der Waals surface area contributed by atoms with Gasteiger partial charge in [-0.15, -0.1) is 6.42 Å². The van der Waals surface area contributed by atoms with Gasteiger partial charge in [-0.25, -0.2) is 4.79 Å². The molecule has 0 saturated carbocycles. The predicted molar refractivity (Wildman–Crippen MR) is 75.8 cm³/mol. The van der Waals surface area contributed by atoms with Gasteiger partial charge in [0.15, 0.2) is 5.78 Å². The molecular formula is C16H18O4. The number of terminal acetylenes is 1. The molecule has 2 N–H and O–H groups in total.